The Hall–Kier alpha value is -1.14. The van der Waals surface area contributed by atoms with Gasteiger partial charge in [-0.1, -0.05) is 18.7 Å². The van der Waals surface area contributed by atoms with E-state index in [1.807, 2.05) is 0 Å². The molecule has 0 unspecified atom stereocenters. The molecule has 0 atom stereocenters. The number of alkyl halides is 2. The van der Waals surface area contributed by atoms with Gasteiger partial charge in [0, 0.05) is 30.2 Å². The van der Waals surface area contributed by atoms with Gasteiger partial charge in [-0.25, -0.2) is 0 Å². The van der Waals surface area contributed by atoms with Crippen LogP contribution in [0.3, 0.4) is 0 Å². The van der Waals surface area contributed by atoms with E-state index in [2.05, 4.69) is 6.92 Å². The molecule has 1 heterocycles. The maximum Gasteiger partial charge on any atom is 0.288 e. The van der Waals surface area contributed by atoms with Crippen molar-refractivity contribution in [3.05, 3.63) is 29.8 Å². The zero-order valence-corrected chi connectivity index (χ0v) is 13.4. The number of rotatable bonds is 5. The number of aliphatic hydroxyl groups excluding tert-OH is 1. The number of benzene rings is 1. The van der Waals surface area contributed by atoms with Gasteiger partial charge >= 0.3 is 0 Å². The molecular formula is C16H21F2NO2S. The van der Waals surface area contributed by atoms with E-state index in [0.29, 0.717) is 35.3 Å². The summed E-state index contributed by atoms with van der Waals surface area (Å²) in [6, 6.07) is 6.30. The van der Waals surface area contributed by atoms with Gasteiger partial charge in [0.2, 0.25) is 0 Å². The van der Waals surface area contributed by atoms with Gasteiger partial charge in [-0.05, 0) is 48.9 Å². The van der Waals surface area contributed by atoms with Crippen molar-refractivity contribution < 1.29 is 18.7 Å². The number of piperidine rings is 1. The van der Waals surface area contributed by atoms with Crippen LogP contribution >= 0.6 is 11.8 Å². The Morgan fingerprint density at radius 3 is 2.36 bits per heavy atom. The molecule has 1 amide bonds. The lowest BCUT2D eigenvalue weighted by Gasteiger charge is -2.40. The minimum absolute atomic E-state index is 0.0610. The van der Waals surface area contributed by atoms with Crippen LogP contribution < -0.4 is 0 Å². The van der Waals surface area contributed by atoms with Crippen molar-refractivity contribution in [2.24, 2.45) is 5.41 Å². The summed E-state index contributed by atoms with van der Waals surface area (Å²) >= 11 is 0.474. The Kier molecular flexibility index (Phi) is 5.81. The van der Waals surface area contributed by atoms with Gasteiger partial charge in [0.25, 0.3) is 11.7 Å². The topological polar surface area (TPSA) is 40.5 Å². The Balaban J connectivity index is 1.98. The van der Waals surface area contributed by atoms with E-state index in [4.69, 9.17) is 0 Å². The normalized spacial score (nSPS) is 17.8. The average Bonchev–Trinajstić information content (AvgIpc) is 2.54. The molecule has 2 rings (SSSR count). The molecule has 1 aliphatic heterocycles. The van der Waals surface area contributed by atoms with E-state index in [-0.39, 0.29) is 17.9 Å². The Bertz CT molecular complexity index is 493. The van der Waals surface area contributed by atoms with E-state index < -0.39 is 5.76 Å². The number of nitrogens with zero attached hydrogens (tertiary/aromatic N) is 1. The second-order valence-electron chi connectivity index (χ2n) is 5.71. The summed E-state index contributed by atoms with van der Waals surface area (Å²) in [4.78, 5) is 14.7. The van der Waals surface area contributed by atoms with Crippen LogP contribution in [0.25, 0.3) is 0 Å². The number of likely N-dealkylation sites (tertiary alicyclic amines) is 1. The van der Waals surface area contributed by atoms with Crippen molar-refractivity contribution in [3.63, 3.8) is 0 Å². The molecular weight excluding hydrogens is 308 g/mol. The van der Waals surface area contributed by atoms with Crippen LogP contribution in [-0.2, 0) is 0 Å². The number of carbonyl (C=O) groups excluding carboxylic acids is 1. The highest BCUT2D eigenvalue weighted by molar-refractivity contribution is 7.99. The standard InChI is InChI=1S/C16H21F2NO2S/c1-2-16(11-20)7-9-19(10-8-16)14(21)12-3-5-13(6-4-12)22-15(17)18/h3-6,15,20H,2,7-11H2,1H3. The van der Waals surface area contributed by atoms with Gasteiger partial charge in [-0.3, -0.25) is 4.79 Å². The summed E-state index contributed by atoms with van der Waals surface area (Å²) in [7, 11) is 0. The lowest BCUT2D eigenvalue weighted by molar-refractivity contribution is 0.0338. The summed E-state index contributed by atoms with van der Waals surface area (Å²) in [6.07, 6.45) is 2.50. The predicted octanol–water partition coefficient (Wildman–Crippen LogP) is 3.63. The maximum absolute atomic E-state index is 12.4. The van der Waals surface area contributed by atoms with Gasteiger partial charge in [-0.15, -0.1) is 0 Å². The van der Waals surface area contributed by atoms with Crippen molar-refractivity contribution in [3.8, 4) is 0 Å². The van der Waals surface area contributed by atoms with Crippen LogP contribution in [0.5, 0.6) is 0 Å². The first kappa shape index (κ1) is 17.2. The zero-order valence-electron chi connectivity index (χ0n) is 12.6. The molecule has 0 radical (unpaired) electrons. The Morgan fingerprint density at radius 1 is 1.32 bits per heavy atom. The number of halogens is 2. The lowest BCUT2D eigenvalue weighted by Crippen LogP contribution is -2.44. The minimum Gasteiger partial charge on any atom is -0.396 e. The van der Waals surface area contributed by atoms with Crippen LogP contribution in [0, 0.1) is 5.41 Å². The molecule has 1 fully saturated rings. The second-order valence-corrected chi connectivity index (χ2v) is 6.77. The van der Waals surface area contributed by atoms with Crippen molar-refractivity contribution in [1.82, 2.24) is 4.90 Å². The first-order valence-corrected chi connectivity index (χ1v) is 8.33. The molecule has 1 aromatic carbocycles. The first-order valence-electron chi connectivity index (χ1n) is 7.45. The average molecular weight is 329 g/mol. The third-order valence-corrected chi connectivity index (χ3v) is 5.25. The van der Waals surface area contributed by atoms with Crippen LogP contribution in [0.2, 0.25) is 0 Å². The molecule has 1 N–H and O–H groups in total. The van der Waals surface area contributed by atoms with Crippen molar-refractivity contribution >= 4 is 17.7 Å². The molecule has 0 bridgehead atoms. The van der Waals surface area contributed by atoms with Gasteiger partial charge < -0.3 is 10.0 Å². The number of hydrogen-bond donors (Lipinski definition) is 1. The van der Waals surface area contributed by atoms with Crippen LogP contribution in [-0.4, -0.2) is 41.4 Å². The molecule has 6 heteroatoms. The van der Waals surface area contributed by atoms with Crippen LogP contribution in [0.4, 0.5) is 8.78 Å². The molecule has 1 aliphatic rings. The number of aliphatic hydroxyl groups is 1. The van der Waals surface area contributed by atoms with E-state index in [9.17, 15) is 18.7 Å². The van der Waals surface area contributed by atoms with Crippen molar-refractivity contribution in [2.45, 2.75) is 36.8 Å². The summed E-state index contributed by atoms with van der Waals surface area (Å²) in [6.45, 7) is 3.47. The zero-order chi connectivity index (χ0) is 16.2. The highest BCUT2D eigenvalue weighted by Crippen LogP contribution is 2.34. The van der Waals surface area contributed by atoms with E-state index in [1.54, 1.807) is 29.2 Å². The lowest BCUT2D eigenvalue weighted by atomic mass is 9.77. The largest absolute Gasteiger partial charge is 0.396 e. The number of carbonyl (C=O) groups is 1. The quantitative estimate of drug-likeness (QED) is 0.839. The third-order valence-electron chi connectivity index (χ3n) is 4.52. The fourth-order valence-corrected chi connectivity index (χ4v) is 3.27. The fourth-order valence-electron chi connectivity index (χ4n) is 2.77. The summed E-state index contributed by atoms with van der Waals surface area (Å²) < 4.78 is 24.6. The van der Waals surface area contributed by atoms with Crippen LogP contribution in [0.1, 0.15) is 36.5 Å². The molecule has 1 saturated heterocycles. The molecule has 3 nitrogen and oxygen atoms in total. The molecule has 0 aromatic heterocycles. The molecule has 0 saturated carbocycles. The number of hydrogen-bond acceptors (Lipinski definition) is 3. The Labute approximate surface area is 133 Å². The maximum atomic E-state index is 12.4. The predicted molar refractivity (Wildman–Crippen MR) is 83.3 cm³/mol. The monoisotopic (exact) mass is 329 g/mol. The van der Waals surface area contributed by atoms with Crippen molar-refractivity contribution in [2.75, 3.05) is 19.7 Å². The number of amides is 1. The summed E-state index contributed by atoms with van der Waals surface area (Å²) in [5, 5.41) is 9.52. The van der Waals surface area contributed by atoms with Crippen LogP contribution in [0.15, 0.2) is 29.2 Å². The highest BCUT2D eigenvalue weighted by atomic mass is 32.2. The number of thioether (sulfide) groups is 1. The molecule has 122 valence electrons. The van der Waals surface area contributed by atoms with Gasteiger partial charge in [-0.2, -0.15) is 8.78 Å². The molecule has 0 aliphatic carbocycles. The highest BCUT2D eigenvalue weighted by Gasteiger charge is 2.34. The van der Waals surface area contributed by atoms with Gasteiger partial charge in [0.05, 0.1) is 0 Å². The smallest absolute Gasteiger partial charge is 0.288 e. The first-order chi connectivity index (χ1) is 10.5. The molecule has 1 aromatic rings. The third kappa shape index (κ3) is 3.98. The van der Waals surface area contributed by atoms with E-state index in [0.717, 1.165) is 19.3 Å². The Morgan fingerprint density at radius 2 is 1.91 bits per heavy atom. The summed E-state index contributed by atoms with van der Waals surface area (Å²) in [5.41, 5.74) is 0.459. The fraction of sp³-hybridized carbons (Fsp3) is 0.562. The SMILES string of the molecule is CCC1(CO)CCN(C(=O)c2ccc(SC(F)F)cc2)CC1. The summed E-state index contributed by atoms with van der Waals surface area (Å²) in [5.74, 6) is -2.53. The van der Waals surface area contributed by atoms with Gasteiger partial charge in [0.1, 0.15) is 0 Å². The minimum atomic E-state index is -2.45. The van der Waals surface area contributed by atoms with E-state index >= 15 is 0 Å². The molecule has 22 heavy (non-hydrogen) atoms. The molecule has 0 spiro atoms. The van der Waals surface area contributed by atoms with Crippen molar-refractivity contribution in [1.29, 1.82) is 0 Å². The van der Waals surface area contributed by atoms with Gasteiger partial charge in [0.15, 0.2) is 0 Å². The second kappa shape index (κ2) is 7.42. The van der Waals surface area contributed by atoms with E-state index in [1.165, 1.54) is 0 Å².